The first kappa shape index (κ1) is 19.7. The average molecular weight is 413 g/mol. The molecule has 1 aliphatic heterocycles. The van der Waals surface area contributed by atoms with E-state index in [-0.39, 0.29) is 11.3 Å². The molecule has 1 aliphatic carbocycles. The number of amides is 1. The van der Waals surface area contributed by atoms with Crippen LogP contribution in [-0.2, 0) is 5.41 Å². The maximum absolute atomic E-state index is 13.2. The number of benzene rings is 2. The maximum Gasteiger partial charge on any atom is 0.272 e. The maximum atomic E-state index is 13.2. The summed E-state index contributed by atoms with van der Waals surface area (Å²) in [7, 11) is 0. The highest BCUT2D eigenvalue weighted by Gasteiger charge is 2.43. The van der Waals surface area contributed by atoms with E-state index in [0.717, 1.165) is 12.6 Å². The van der Waals surface area contributed by atoms with Crippen molar-refractivity contribution in [2.45, 2.75) is 31.6 Å². The minimum Gasteiger partial charge on any atom is -0.336 e. The molecular weight excluding hydrogens is 387 g/mol. The molecule has 2 aliphatic rings. The lowest BCUT2D eigenvalue weighted by atomic mass is 9.81. The van der Waals surface area contributed by atoms with Gasteiger partial charge in [0.25, 0.3) is 5.91 Å². The summed E-state index contributed by atoms with van der Waals surface area (Å²) in [5.74, 6) is -0.112. The standard InChI is InChI=1S/C27H25FN2O/c1-18(2)22-5-3-4-6-23(22)19-7-9-24-20(15-19)11-12-27(24)13-14-30(17-27)26(31)25-10-8-21(28)16-29-25/h3-12,15-16,18H,13-14,17H2,1-2H3. The fourth-order valence-corrected chi connectivity index (χ4v) is 4.95. The lowest BCUT2D eigenvalue weighted by molar-refractivity contribution is 0.0781. The molecule has 1 aromatic heterocycles. The van der Waals surface area contributed by atoms with Gasteiger partial charge in [0.1, 0.15) is 11.5 Å². The number of hydrogen-bond acceptors (Lipinski definition) is 2. The third-order valence-corrected chi connectivity index (χ3v) is 6.60. The van der Waals surface area contributed by atoms with Crippen molar-refractivity contribution in [3.8, 4) is 11.1 Å². The van der Waals surface area contributed by atoms with E-state index in [1.807, 2.05) is 4.90 Å². The number of hydrogen-bond donors (Lipinski definition) is 0. The predicted molar refractivity (Wildman–Crippen MR) is 121 cm³/mol. The van der Waals surface area contributed by atoms with Gasteiger partial charge in [0.15, 0.2) is 0 Å². The van der Waals surface area contributed by atoms with E-state index in [0.29, 0.717) is 24.7 Å². The summed E-state index contributed by atoms with van der Waals surface area (Å²) < 4.78 is 13.2. The second kappa shape index (κ2) is 7.45. The summed E-state index contributed by atoms with van der Waals surface area (Å²) >= 11 is 0. The Morgan fingerprint density at radius 2 is 1.97 bits per heavy atom. The molecule has 0 N–H and O–H groups in total. The Labute approximate surface area is 182 Å². The highest BCUT2D eigenvalue weighted by atomic mass is 19.1. The number of pyridine rings is 1. The minimum absolute atomic E-state index is 0.138. The van der Waals surface area contributed by atoms with Crippen LogP contribution in [0.4, 0.5) is 4.39 Å². The van der Waals surface area contributed by atoms with Crippen LogP contribution in [0, 0.1) is 5.82 Å². The minimum atomic E-state index is -0.433. The van der Waals surface area contributed by atoms with Crippen molar-refractivity contribution < 1.29 is 9.18 Å². The van der Waals surface area contributed by atoms with Crippen molar-refractivity contribution in [3.63, 3.8) is 0 Å². The van der Waals surface area contributed by atoms with E-state index in [4.69, 9.17) is 0 Å². The van der Waals surface area contributed by atoms with Crippen molar-refractivity contribution in [1.29, 1.82) is 0 Å². The lowest BCUT2D eigenvalue weighted by Crippen LogP contribution is -2.33. The van der Waals surface area contributed by atoms with Crippen molar-refractivity contribution in [2.24, 2.45) is 0 Å². The molecule has 2 heterocycles. The number of fused-ring (bicyclic) bond motifs is 2. The largest absolute Gasteiger partial charge is 0.336 e. The SMILES string of the molecule is CC(C)c1ccccc1-c1ccc2c(c1)C=CC21CCN(C(=O)c2ccc(F)cn2)C1. The zero-order valence-electron chi connectivity index (χ0n) is 17.8. The van der Waals surface area contributed by atoms with Crippen LogP contribution >= 0.6 is 0 Å². The number of rotatable bonds is 3. The van der Waals surface area contributed by atoms with E-state index in [2.05, 4.69) is 73.4 Å². The molecule has 1 unspecified atom stereocenters. The second-order valence-electron chi connectivity index (χ2n) is 8.87. The number of carbonyl (C=O) groups excluding carboxylic acids is 1. The molecule has 2 aromatic carbocycles. The van der Waals surface area contributed by atoms with Gasteiger partial charge in [-0.1, -0.05) is 62.4 Å². The number of aromatic nitrogens is 1. The second-order valence-corrected chi connectivity index (χ2v) is 8.87. The predicted octanol–water partition coefficient (Wildman–Crippen LogP) is 5.82. The van der Waals surface area contributed by atoms with Gasteiger partial charge in [0.2, 0.25) is 0 Å². The summed E-state index contributed by atoms with van der Waals surface area (Å²) in [6.07, 6.45) is 6.42. The fraction of sp³-hybridized carbons (Fsp3) is 0.259. The molecule has 3 aromatic rings. The van der Waals surface area contributed by atoms with Gasteiger partial charge in [0.05, 0.1) is 6.20 Å². The molecule has 0 radical (unpaired) electrons. The first-order valence-corrected chi connectivity index (χ1v) is 10.8. The number of likely N-dealkylation sites (tertiary alicyclic amines) is 1. The zero-order chi connectivity index (χ0) is 21.6. The molecular formula is C27H25FN2O. The Bertz CT molecular complexity index is 1180. The normalized spacial score (nSPS) is 19.4. The number of nitrogens with zero attached hydrogens (tertiary/aromatic N) is 2. The molecule has 1 atom stereocenters. The van der Waals surface area contributed by atoms with Crippen LogP contribution in [0.5, 0.6) is 0 Å². The highest BCUT2D eigenvalue weighted by molar-refractivity contribution is 5.92. The van der Waals surface area contributed by atoms with Gasteiger partial charge in [-0.05, 0) is 58.4 Å². The van der Waals surface area contributed by atoms with E-state index in [1.165, 1.54) is 39.9 Å². The fourth-order valence-electron chi connectivity index (χ4n) is 4.95. The molecule has 156 valence electrons. The molecule has 0 bridgehead atoms. The molecule has 5 rings (SSSR count). The van der Waals surface area contributed by atoms with Gasteiger partial charge in [-0.3, -0.25) is 4.79 Å². The average Bonchev–Trinajstić information content (AvgIpc) is 3.38. The van der Waals surface area contributed by atoms with Gasteiger partial charge in [-0.2, -0.15) is 0 Å². The van der Waals surface area contributed by atoms with Crippen LogP contribution in [0.15, 0.2) is 66.9 Å². The summed E-state index contributed by atoms with van der Waals surface area (Å²) in [5, 5.41) is 0. The Hall–Kier alpha value is -3.27. The molecule has 4 heteroatoms. The molecule has 1 amide bonds. The molecule has 1 fully saturated rings. The van der Waals surface area contributed by atoms with Gasteiger partial charge >= 0.3 is 0 Å². The quantitative estimate of drug-likeness (QED) is 0.543. The smallest absolute Gasteiger partial charge is 0.272 e. The Morgan fingerprint density at radius 1 is 1.13 bits per heavy atom. The summed E-state index contributed by atoms with van der Waals surface area (Å²) in [4.78, 5) is 18.7. The van der Waals surface area contributed by atoms with E-state index < -0.39 is 5.82 Å². The van der Waals surface area contributed by atoms with Crippen molar-refractivity contribution >= 4 is 12.0 Å². The summed E-state index contributed by atoms with van der Waals surface area (Å²) in [6.45, 7) is 5.73. The lowest BCUT2D eigenvalue weighted by Gasteiger charge is -2.25. The van der Waals surface area contributed by atoms with Crippen molar-refractivity contribution in [3.05, 3.63) is 95.1 Å². The number of halogens is 1. The topological polar surface area (TPSA) is 33.2 Å². The third kappa shape index (κ3) is 3.36. The first-order chi connectivity index (χ1) is 15.0. The van der Waals surface area contributed by atoms with Crippen LogP contribution in [0.25, 0.3) is 17.2 Å². The first-order valence-electron chi connectivity index (χ1n) is 10.8. The van der Waals surface area contributed by atoms with E-state index in [1.54, 1.807) is 0 Å². The molecule has 1 spiro atoms. The van der Waals surface area contributed by atoms with Crippen LogP contribution < -0.4 is 0 Å². The Balaban J connectivity index is 1.42. The highest BCUT2D eigenvalue weighted by Crippen LogP contribution is 2.44. The Kier molecular flexibility index (Phi) is 4.73. The van der Waals surface area contributed by atoms with Crippen LogP contribution in [-0.4, -0.2) is 28.9 Å². The van der Waals surface area contributed by atoms with E-state index >= 15 is 0 Å². The van der Waals surface area contributed by atoms with Crippen LogP contribution in [0.2, 0.25) is 0 Å². The molecule has 1 saturated heterocycles. The van der Waals surface area contributed by atoms with Gasteiger partial charge in [-0.15, -0.1) is 0 Å². The van der Waals surface area contributed by atoms with Gasteiger partial charge < -0.3 is 4.90 Å². The molecule has 3 nitrogen and oxygen atoms in total. The third-order valence-electron chi connectivity index (χ3n) is 6.60. The van der Waals surface area contributed by atoms with Crippen molar-refractivity contribution in [1.82, 2.24) is 9.88 Å². The monoisotopic (exact) mass is 412 g/mol. The molecule has 31 heavy (non-hydrogen) atoms. The van der Waals surface area contributed by atoms with Gasteiger partial charge in [-0.25, -0.2) is 9.37 Å². The van der Waals surface area contributed by atoms with Crippen LogP contribution in [0.1, 0.15) is 53.4 Å². The van der Waals surface area contributed by atoms with Crippen molar-refractivity contribution in [2.75, 3.05) is 13.1 Å². The Morgan fingerprint density at radius 3 is 2.74 bits per heavy atom. The van der Waals surface area contributed by atoms with Gasteiger partial charge in [0, 0.05) is 18.5 Å². The summed E-state index contributed by atoms with van der Waals surface area (Å²) in [5.41, 5.74) is 6.50. The summed E-state index contributed by atoms with van der Waals surface area (Å²) in [6, 6.07) is 18.0. The van der Waals surface area contributed by atoms with E-state index in [9.17, 15) is 9.18 Å². The number of carbonyl (C=O) groups is 1. The molecule has 0 saturated carbocycles. The van der Waals surface area contributed by atoms with Crippen LogP contribution in [0.3, 0.4) is 0 Å². The zero-order valence-corrected chi connectivity index (χ0v) is 17.8.